The summed E-state index contributed by atoms with van der Waals surface area (Å²) in [6.45, 7) is 5.42. The van der Waals surface area contributed by atoms with Gasteiger partial charge in [0, 0.05) is 6.61 Å². The fourth-order valence-corrected chi connectivity index (χ4v) is 0.941. The fraction of sp³-hybridized carbons (Fsp3) is 0.900. The van der Waals surface area contributed by atoms with Gasteiger partial charge in [0.15, 0.2) is 0 Å². The van der Waals surface area contributed by atoms with Crippen LogP contribution in [0.15, 0.2) is 0 Å². The Morgan fingerprint density at radius 3 is 2.40 bits per heavy atom. The Labute approximate surface area is 90.9 Å². The van der Waals surface area contributed by atoms with Gasteiger partial charge in [0.2, 0.25) is 0 Å². The third-order valence-electron chi connectivity index (χ3n) is 1.77. The average Bonchev–Trinajstić information content (AvgIpc) is 2.22. The topological polar surface area (TPSA) is 70.8 Å². The average molecular weight is 219 g/mol. The lowest BCUT2D eigenvalue weighted by Gasteiger charge is -2.20. The molecular weight excluding hydrogens is 198 g/mol. The van der Waals surface area contributed by atoms with Crippen LogP contribution in [0.5, 0.6) is 0 Å². The summed E-state index contributed by atoms with van der Waals surface area (Å²) >= 11 is 0. The van der Waals surface area contributed by atoms with Gasteiger partial charge in [-0.15, -0.1) is 0 Å². The first-order valence-corrected chi connectivity index (χ1v) is 5.07. The maximum absolute atomic E-state index is 11.1. The van der Waals surface area contributed by atoms with Crippen LogP contribution in [0.4, 0.5) is 0 Å². The summed E-state index contributed by atoms with van der Waals surface area (Å²) in [6, 6.07) is 0. The summed E-state index contributed by atoms with van der Waals surface area (Å²) in [4.78, 5) is 11.1. The molecule has 0 rings (SSSR count). The molecule has 0 amide bonds. The molecule has 0 spiro atoms. The minimum Gasteiger partial charge on any atom is -0.468 e. The number of hydrogen-bond acceptors (Lipinski definition) is 5. The molecule has 0 aromatic carbocycles. The molecule has 0 bridgehead atoms. The zero-order chi connectivity index (χ0) is 11.7. The zero-order valence-electron chi connectivity index (χ0n) is 9.75. The second kappa shape index (κ2) is 7.62. The highest BCUT2D eigenvalue weighted by molar-refractivity contribution is 5.80. The van der Waals surface area contributed by atoms with E-state index in [-0.39, 0.29) is 6.61 Å². The summed E-state index contributed by atoms with van der Waals surface area (Å²) in [7, 11) is 1.30. The lowest BCUT2D eigenvalue weighted by Crippen LogP contribution is -2.50. The molecule has 5 heteroatoms. The standard InChI is InChI=1S/C10H21NO4/c1-4-5-14-6-7-15-8-10(2,11)9(12)13-3/h4-8,11H2,1-3H3. The highest BCUT2D eigenvalue weighted by Gasteiger charge is 2.29. The van der Waals surface area contributed by atoms with Crippen molar-refractivity contribution in [1.82, 2.24) is 0 Å². The van der Waals surface area contributed by atoms with Crippen LogP contribution in [0.3, 0.4) is 0 Å². The van der Waals surface area contributed by atoms with Gasteiger partial charge in [-0.05, 0) is 13.3 Å². The molecule has 0 saturated carbocycles. The van der Waals surface area contributed by atoms with Crippen molar-refractivity contribution in [1.29, 1.82) is 0 Å². The van der Waals surface area contributed by atoms with E-state index >= 15 is 0 Å². The molecule has 0 aromatic rings. The maximum Gasteiger partial charge on any atom is 0.327 e. The number of carbonyl (C=O) groups excluding carboxylic acids is 1. The van der Waals surface area contributed by atoms with E-state index < -0.39 is 11.5 Å². The molecule has 2 N–H and O–H groups in total. The minimum absolute atomic E-state index is 0.134. The first kappa shape index (κ1) is 14.3. The van der Waals surface area contributed by atoms with E-state index in [4.69, 9.17) is 15.2 Å². The monoisotopic (exact) mass is 219 g/mol. The molecular formula is C10H21NO4. The molecule has 1 atom stereocenters. The van der Waals surface area contributed by atoms with Gasteiger partial charge in [0.1, 0.15) is 5.54 Å². The summed E-state index contributed by atoms with van der Waals surface area (Å²) in [5, 5.41) is 0. The van der Waals surface area contributed by atoms with Crippen LogP contribution < -0.4 is 5.73 Å². The normalized spacial score (nSPS) is 14.7. The van der Waals surface area contributed by atoms with Gasteiger partial charge in [-0.2, -0.15) is 0 Å². The second-order valence-corrected chi connectivity index (χ2v) is 3.57. The van der Waals surface area contributed by atoms with Crippen LogP contribution in [0.2, 0.25) is 0 Å². The number of esters is 1. The molecule has 0 aliphatic rings. The van der Waals surface area contributed by atoms with E-state index in [1.54, 1.807) is 6.92 Å². The lowest BCUT2D eigenvalue weighted by molar-refractivity contribution is -0.149. The summed E-state index contributed by atoms with van der Waals surface area (Å²) in [6.07, 6.45) is 0.983. The van der Waals surface area contributed by atoms with Crippen molar-refractivity contribution in [3.63, 3.8) is 0 Å². The van der Waals surface area contributed by atoms with Crippen LogP contribution in [0, 0.1) is 0 Å². The van der Waals surface area contributed by atoms with E-state index in [2.05, 4.69) is 4.74 Å². The van der Waals surface area contributed by atoms with Crippen molar-refractivity contribution in [2.45, 2.75) is 25.8 Å². The Bertz CT molecular complexity index is 182. The Kier molecular flexibility index (Phi) is 7.29. The molecule has 0 aliphatic carbocycles. The van der Waals surface area contributed by atoms with Crippen molar-refractivity contribution in [3.8, 4) is 0 Å². The van der Waals surface area contributed by atoms with Gasteiger partial charge in [-0.25, -0.2) is 4.79 Å². The van der Waals surface area contributed by atoms with E-state index in [0.717, 1.165) is 13.0 Å². The highest BCUT2D eigenvalue weighted by atomic mass is 16.5. The van der Waals surface area contributed by atoms with Gasteiger partial charge in [0.25, 0.3) is 0 Å². The molecule has 0 aliphatic heterocycles. The highest BCUT2D eigenvalue weighted by Crippen LogP contribution is 2.02. The van der Waals surface area contributed by atoms with Crippen LogP contribution >= 0.6 is 0 Å². The number of carbonyl (C=O) groups is 1. The number of rotatable bonds is 8. The smallest absolute Gasteiger partial charge is 0.327 e. The van der Waals surface area contributed by atoms with Crippen LogP contribution in [-0.2, 0) is 19.0 Å². The Morgan fingerprint density at radius 2 is 1.87 bits per heavy atom. The Hall–Kier alpha value is -0.650. The minimum atomic E-state index is -1.08. The predicted octanol–water partition coefficient (Wildman–Crippen LogP) is 0.320. The van der Waals surface area contributed by atoms with Crippen LogP contribution in [-0.4, -0.2) is 45.0 Å². The number of ether oxygens (including phenoxy) is 3. The third-order valence-corrected chi connectivity index (χ3v) is 1.77. The van der Waals surface area contributed by atoms with Crippen molar-refractivity contribution < 1.29 is 19.0 Å². The van der Waals surface area contributed by atoms with Gasteiger partial charge in [0.05, 0.1) is 26.9 Å². The molecule has 5 nitrogen and oxygen atoms in total. The lowest BCUT2D eigenvalue weighted by atomic mass is 10.1. The molecule has 90 valence electrons. The molecule has 15 heavy (non-hydrogen) atoms. The SMILES string of the molecule is CCCOCCOCC(C)(N)C(=O)OC. The van der Waals surface area contributed by atoms with Gasteiger partial charge in [-0.1, -0.05) is 6.92 Å². The van der Waals surface area contributed by atoms with Crippen molar-refractivity contribution in [2.75, 3.05) is 33.5 Å². The first-order valence-electron chi connectivity index (χ1n) is 5.07. The van der Waals surface area contributed by atoms with Crippen LogP contribution in [0.25, 0.3) is 0 Å². The van der Waals surface area contributed by atoms with E-state index in [1.807, 2.05) is 6.92 Å². The van der Waals surface area contributed by atoms with Crippen molar-refractivity contribution in [3.05, 3.63) is 0 Å². The molecule has 0 heterocycles. The van der Waals surface area contributed by atoms with Gasteiger partial charge < -0.3 is 19.9 Å². The zero-order valence-corrected chi connectivity index (χ0v) is 9.75. The third kappa shape index (κ3) is 6.43. The Morgan fingerprint density at radius 1 is 1.27 bits per heavy atom. The summed E-state index contributed by atoms with van der Waals surface area (Å²) in [5.41, 5.74) is 4.59. The largest absolute Gasteiger partial charge is 0.468 e. The van der Waals surface area contributed by atoms with E-state index in [9.17, 15) is 4.79 Å². The quantitative estimate of drug-likeness (QED) is 0.470. The Balaban J connectivity index is 3.53. The molecule has 0 fully saturated rings. The number of methoxy groups -OCH3 is 1. The summed E-state index contributed by atoms with van der Waals surface area (Å²) < 4.78 is 15.0. The van der Waals surface area contributed by atoms with Crippen LogP contribution in [0.1, 0.15) is 20.3 Å². The van der Waals surface area contributed by atoms with Gasteiger partial charge >= 0.3 is 5.97 Å². The number of hydrogen-bond donors (Lipinski definition) is 1. The van der Waals surface area contributed by atoms with E-state index in [0.29, 0.717) is 13.2 Å². The second-order valence-electron chi connectivity index (χ2n) is 3.57. The van der Waals surface area contributed by atoms with E-state index in [1.165, 1.54) is 7.11 Å². The summed E-state index contributed by atoms with van der Waals surface area (Å²) in [5.74, 6) is -0.475. The first-order chi connectivity index (χ1) is 7.04. The maximum atomic E-state index is 11.1. The fourth-order valence-electron chi connectivity index (χ4n) is 0.941. The van der Waals surface area contributed by atoms with Gasteiger partial charge in [-0.3, -0.25) is 0 Å². The molecule has 0 radical (unpaired) electrons. The number of nitrogens with two attached hydrogens (primary N) is 1. The molecule has 0 aromatic heterocycles. The van der Waals surface area contributed by atoms with Crippen molar-refractivity contribution in [2.24, 2.45) is 5.73 Å². The predicted molar refractivity (Wildman–Crippen MR) is 56.5 cm³/mol. The van der Waals surface area contributed by atoms with Crippen molar-refractivity contribution >= 4 is 5.97 Å². The molecule has 1 unspecified atom stereocenters. The molecule has 0 saturated heterocycles.